The highest BCUT2D eigenvalue weighted by Gasteiger charge is 2.38. The van der Waals surface area contributed by atoms with E-state index in [9.17, 15) is 9.90 Å². The number of benzene rings is 2. The Morgan fingerprint density at radius 1 is 1.17 bits per heavy atom. The van der Waals surface area contributed by atoms with Crippen LogP contribution in [0.3, 0.4) is 0 Å². The summed E-state index contributed by atoms with van der Waals surface area (Å²) in [6.45, 7) is 3.71. The molecule has 2 aromatic carbocycles. The number of ether oxygens (including phenoxy) is 1. The van der Waals surface area contributed by atoms with Crippen molar-refractivity contribution in [2.24, 2.45) is 0 Å². The number of hydrogen-bond acceptors (Lipinski definition) is 5. The monoisotopic (exact) mass is 408 g/mol. The van der Waals surface area contributed by atoms with Crippen molar-refractivity contribution in [2.45, 2.75) is 63.6 Å². The Morgan fingerprint density at radius 2 is 1.93 bits per heavy atom. The number of nitrogens with one attached hydrogen (secondary N) is 1. The van der Waals surface area contributed by atoms with Crippen LogP contribution in [0.15, 0.2) is 52.9 Å². The van der Waals surface area contributed by atoms with Gasteiger partial charge in [-0.25, -0.2) is 9.78 Å². The van der Waals surface area contributed by atoms with E-state index in [1.54, 1.807) is 19.9 Å². The maximum absolute atomic E-state index is 11.4. The minimum absolute atomic E-state index is 0.297. The molecule has 1 aliphatic rings. The first-order valence-electron chi connectivity index (χ1n) is 10.5. The Kier molecular flexibility index (Phi) is 5.52. The van der Waals surface area contributed by atoms with Gasteiger partial charge < -0.3 is 14.3 Å². The molecule has 3 aromatic rings. The van der Waals surface area contributed by atoms with Crippen molar-refractivity contribution in [2.75, 3.05) is 0 Å². The van der Waals surface area contributed by atoms with Gasteiger partial charge in [-0.15, -0.1) is 0 Å². The first kappa shape index (κ1) is 20.4. The van der Waals surface area contributed by atoms with E-state index in [4.69, 9.17) is 14.1 Å². The van der Waals surface area contributed by atoms with Crippen LogP contribution in [-0.4, -0.2) is 21.7 Å². The fraction of sp³-hybridized carbons (Fsp3) is 0.417. The predicted molar refractivity (Wildman–Crippen MR) is 114 cm³/mol. The predicted octanol–water partition coefficient (Wildman–Crippen LogP) is 5.02. The highest BCUT2D eigenvalue weighted by Crippen LogP contribution is 2.38. The molecule has 4 rings (SSSR count). The molecule has 0 amide bonds. The number of nitrogens with zero attached hydrogens (tertiary/aromatic N) is 1. The Morgan fingerprint density at radius 3 is 2.67 bits per heavy atom. The first-order chi connectivity index (χ1) is 14.4. The molecule has 6 nitrogen and oxygen atoms in total. The number of carboxylic acid groups (broad SMARTS) is 1. The lowest BCUT2D eigenvalue weighted by Crippen LogP contribution is -2.44. The molecular weight excluding hydrogens is 380 g/mol. The van der Waals surface area contributed by atoms with E-state index < -0.39 is 11.6 Å². The Labute approximate surface area is 176 Å². The average Bonchev–Trinajstić information content (AvgIpc) is 3.18. The van der Waals surface area contributed by atoms with Crippen molar-refractivity contribution in [1.82, 2.24) is 10.3 Å². The van der Waals surface area contributed by atoms with Gasteiger partial charge in [0.2, 0.25) is 5.89 Å². The first-order valence-corrected chi connectivity index (χ1v) is 10.5. The Balaban J connectivity index is 1.55. The molecule has 0 unspecified atom stereocenters. The summed E-state index contributed by atoms with van der Waals surface area (Å²) >= 11 is 0. The maximum atomic E-state index is 11.4. The second-order valence-corrected chi connectivity index (χ2v) is 8.55. The van der Waals surface area contributed by atoms with Crippen LogP contribution in [0.25, 0.3) is 11.1 Å². The van der Waals surface area contributed by atoms with Crippen molar-refractivity contribution in [3.05, 3.63) is 60.0 Å². The summed E-state index contributed by atoms with van der Waals surface area (Å²) in [4.78, 5) is 16.1. The van der Waals surface area contributed by atoms with Crippen LogP contribution in [0, 0.1) is 0 Å². The quantitative estimate of drug-likeness (QED) is 0.571. The van der Waals surface area contributed by atoms with Gasteiger partial charge in [0.15, 0.2) is 11.2 Å². The van der Waals surface area contributed by atoms with Crippen LogP contribution in [0.4, 0.5) is 0 Å². The Bertz CT molecular complexity index is 1000. The number of para-hydroxylation sites is 2. The third-order valence-electron chi connectivity index (χ3n) is 5.83. The lowest BCUT2D eigenvalue weighted by atomic mass is 9.81. The topological polar surface area (TPSA) is 84.6 Å². The fourth-order valence-electron chi connectivity index (χ4n) is 4.03. The smallest absolute Gasteiger partial charge is 0.347 e. The van der Waals surface area contributed by atoms with Crippen molar-refractivity contribution in [3.8, 4) is 5.75 Å². The summed E-state index contributed by atoms with van der Waals surface area (Å²) in [5, 5.41) is 13.0. The third kappa shape index (κ3) is 4.19. The van der Waals surface area contributed by atoms with Gasteiger partial charge in [0.1, 0.15) is 11.3 Å². The molecule has 1 aliphatic carbocycles. The van der Waals surface area contributed by atoms with Gasteiger partial charge in [0.05, 0.1) is 5.54 Å². The second-order valence-electron chi connectivity index (χ2n) is 8.55. The number of fused-ring (bicyclic) bond motifs is 1. The molecule has 30 heavy (non-hydrogen) atoms. The van der Waals surface area contributed by atoms with Gasteiger partial charge in [-0.2, -0.15) is 0 Å². The molecule has 1 fully saturated rings. The standard InChI is InChI=1S/C24H28N2O4/c1-23(2,22(27)28)30-18-10-8-9-17(15-18)16-25-24(13-6-3-7-14-24)21-26-19-11-4-5-12-20(19)29-21/h4-5,8-12,15,25H,3,6-7,13-14,16H2,1-2H3,(H,27,28). The zero-order valence-electron chi connectivity index (χ0n) is 17.5. The molecule has 0 bridgehead atoms. The summed E-state index contributed by atoms with van der Waals surface area (Å²) in [6.07, 6.45) is 5.42. The molecule has 0 saturated heterocycles. The van der Waals surface area contributed by atoms with Gasteiger partial charge in [-0.05, 0) is 56.5 Å². The normalized spacial score (nSPS) is 16.5. The van der Waals surface area contributed by atoms with E-state index in [1.807, 2.05) is 42.5 Å². The average molecular weight is 408 g/mol. The van der Waals surface area contributed by atoms with Gasteiger partial charge in [0.25, 0.3) is 0 Å². The van der Waals surface area contributed by atoms with Gasteiger partial charge in [-0.1, -0.05) is 43.5 Å². The van der Waals surface area contributed by atoms with Crippen molar-refractivity contribution in [1.29, 1.82) is 0 Å². The molecule has 6 heteroatoms. The number of aliphatic carboxylic acids is 1. The molecule has 0 spiro atoms. The summed E-state index contributed by atoms with van der Waals surface area (Å²) in [6, 6.07) is 15.4. The lowest BCUT2D eigenvalue weighted by molar-refractivity contribution is -0.152. The molecule has 0 atom stereocenters. The fourth-order valence-corrected chi connectivity index (χ4v) is 4.03. The van der Waals surface area contributed by atoms with Crippen LogP contribution < -0.4 is 10.1 Å². The molecule has 0 aliphatic heterocycles. The second kappa shape index (κ2) is 8.11. The lowest BCUT2D eigenvalue weighted by Gasteiger charge is -2.35. The summed E-state index contributed by atoms with van der Waals surface area (Å²) < 4.78 is 11.8. The van der Waals surface area contributed by atoms with E-state index in [0.717, 1.165) is 48.2 Å². The van der Waals surface area contributed by atoms with E-state index >= 15 is 0 Å². The van der Waals surface area contributed by atoms with Gasteiger partial charge in [0, 0.05) is 6.54 Å². The summed E-state index contributed by atoms with van der Waals surface area (Å²) in [5.74, 6) is 0.298. The highest BCUT2D eigenvalue weighted by molar-refractivity contribution is 5.76. The van der Waals surface area contributed by atoms with Crippen LogP contribution in [-0.2, 0) is 16.9 Å². The number of carbonyl (C=O) groups is 1. The van der Waals surface area contributed by atoms with E-state index in [0.29, 0.717) is 12.3 Å². The summed E-state index contributed by atoms with van der Waals surface area (Å²) in [7, 11) is 0. The molecule has 1 saturated carbocycles. The van der Waals surface area contributed by atoms with Crippen LogP contribution in [0.5, 0.6) is 5.75 Å². The molecular formula is C24H28N2O4. The number of aromatic nitrogens is 1. The number of carboxylic acids is 1. The van der Waals surface area contributed by atoms with Gasteiger partial charge >= 0.3 is 5.97 Å². The van der Waals surface area contributed by atoms with Crippen LogP contribution in [0.1, 0.15) is 57.4 Å². The molecule has 1 heterocycles. The largest absolute Gasteiger partial charge is 0.478 e. The zero-order chi connectivity index (χ0) is 21.2. The summed E-state index contributed by atoms with van der Waals surface area (Å²) in [5.41, 5.74) is 1.13. The maximum Gasteiger partial charge on any atom is 0.347 e. The number of hydrogen-bond donors (Lipinski definition) is 2. The zero-order valence-corrected chi connectivity index (χ0v) is 17.5. The van der Waals surface area contributed by atoms with Crippen LogP contribution in [0.2, 0.25) is 0 Å². The molecule has 0 radical (unpaired) electrons. The Hall–Kier alpha value is -2.86. The minimum Gasteiger partial charge on any atom is -0.478 e. The van der Waals surface area contributed by atoms with E-state index in [-0.39, 0.29) is 5.54 Å². The minimum atomic E-state index is -1.28. The SMILES string of the molecule is CC(C)(Oc1cccc(CNC2(c3nc4ccccc4o3)CCCCC2)c1)C(=O)O. The molecule has 158 valence electrons. The number of oxazole rings is 1. The van der Waals surface area contributed by atoms with Crippen molar-refractivity contribution in [3.63, 3.8) is 0 Å². The van der Waals surface area contributed by atoms with Crippen LogP contribution >= 0.6 is 0 Å². The molecule has 1 aromatic heterocycles. The van der Waals surface area contributed by atoms with E-state index in [1.165, 1.54) is 6.42 Å². The third-order valence-corrected chi connectivity index (χ3v) is 5.83. The van der Waals surface area contributed by atoms with Gasteiger partial charge in [-0.3, -0.25) is 5.32 Å². The number of rotatable bonds is 7. The van der Waals surface area contributed by atoms with E-state index in [2.05, 4.69) is 5.32 Å². The van der Waals surface area contributed by atoms with Crippen molar-refractivity contribution < 1.29 is 19.1 Å². The highest BCUT2D eigenvalue weighted by atomic mass is 16.5. The van der Waals surface area contributed by atoms with Crippen molar-refractivity contribution >= 4 is 17.1 Å². The molecule has 2 N–H and O–H groups in total.